The van der Waals surface area contributed by atoms with Crippen LogP contribution >= 0.6 is 0 Å². The second kappa shape index (κ2) is 6.64. The van der Waals surface area contributed by atoms with Crippen LogP contribution in [-0.4, -0.2) is 50.2 Å². The van der Waals surface area contributed by atoms with Crippen molar-refractivity contribution in [2.24, 2.45) is 0 Å². The van der Waals surface area contributed by atoms with Crippen LogP contribution in [0.3, 0.4) is 0 Å². The molecule has 0 atom stereocenters. The molecule has 1 aromatic rings. The van der Waals surface area contributed by atoms with Crippen molar-refractivity contribution in [2.45, 2.75) is 0 Å². The van der Waals surface area contributed by atoms with Gasteiger partial charge in [-0.25, -0.2) is 9.97 Å². The number of hydrogen-bond acceptors (Lipinski definition) is 6. The van der Waals surface area contributed by atoms with E-state index < -0.39 is 0 Å². The first-order valence-corrected chi connectivity index (χ1v) is 5.10. The van der Waals surface area contributed by atoms with E-state index in [0.29, 0.717) is 13.1 Å². The zero-order valence-corrected chi connectivity index (χ0v) is 10.1. The maximum atomic E-state index is 11.9. The topological polar surface area (TPSA) is 85.4 Å². The van der Waals surface area contributed by atoms with Crippen molar-refractivity contribution in [3.63, 3.8) is 0 Å². The first kappa shape index (κ1) is 13.2. The van der Waals surface area contributed by atoms with Gasteiger partial charge in [0.25, 0.3) is 5.91 Å². The summed E-state index contributed by atoms with van der Waals surface area (Å²) >= 11 is 0. The molecule has 0 fully saturated rings. The summed E-state index contributed by atoms with van der Waals surface area (Å²) in [7, 11) is 4.68. The van der Waals surface area contributed by atoms with Crippen LogP contribution in [0.4, 0.5) is 0 Å². The molecule has 0 aliphatic heterocycles. The number of ether oxygens (including phenoxy) is 2. The Bertz CT molecular complexity index is 362. The van der Waals surface area contributed by atoms with Gasteiger partial charge >= 0.3 is 0 Å². The van der Waals surface area contributed by atoms with E-state index in [9.17, 15) is 4.79 Å². The van der Waals surface area contributed by atoms with Crippen molar-refractivity contribution in [3.8, 4) is 11.8 Å². The molecule has 1 aromatic heterocycles. The normalized spacial score (nSPS) is 9.82. The van der Waals surface area contributed by atoms with Gasteiger partial charge in [-0.15, -0.1) is 0 Å². The van der Waals surface area contributed by atoms with E-state index in [1.165, 1.54) is 20.5 Å². The second-order valence-electron chi connectivity index (χ2n) is 3.13. The highest BCUT2D eigenvalue weighted by atomic mass is 16.5. The molecule has 0 aromatic carbocycles. The van der Waals surface area contributed by atoms with Crippen LogP contribution in [0.15, 0.2) is 6.33 Å². The number of amides is 1. The van der Waals surface area contributed by atoms with Gasteiger partial charge in [0.15, 0.2) is 5.56 Å². The number of aromatic nitrogens is 2. The van der Waals surface area contributed by atoms with Gasteiger partial charge in [0.1, 0.15) is 6.33 Å². The third-order valence-corrected chi connectivity index (χ3v) is 2.05. The summed E-state index contributed by atoms with van der Waals surface area (Å²) in [6, 6.07) is 0. The number of hydrogen-bond donors (Lipinski definition) is 2. The number of carbonyl (C=O) groups is 1. The van der Waals surface area contributed by atoms with Crippen molar-refractivity contribution < 1.29 is 14.3 Å². The lowest BCUT2D eigenvalue weighted by atomic mass is 10.3. The van der Waals surface area contributed by atoms with E-state index in [1.54, 1.807) is 7.05 Å². The lowest BCUT2D eigenvalue weighted by molar-refractivity contribution is 0.0946. The molecule has 0 aliphatic carbocycles. The van der Waals surface area contributed by atoms with Gasteiger partial charge in [0.05, 0.1) is 14.2 Å². The van der Waals surface area contributed by atoms with Crippen LogP contribution in [0, 0.1) is 0 Å². The molecule has 7 nitrogen and oxygen atoms in total. The highest BCUT2D eigenvalue weighted by molar-refractivity contribution is 5.98. The molecular formula is C10H16N4O3. The number of nitrogens with one attached hydrogen (secondary N) is 2. The average molecular weight is 240 g/mol. The van der Waals surface area contributed by atoms with Crippen LogP contribution in [0.2, 0.25) is 0 Å². The highest BCUT2D eigenvalue weighted by Crippen LogP contribution is 2.22. The van der Waals surface area contributed by atoms with Crippen molar-refractivity contribution in [3.05, 3.63) is 11.9 Å². The summed E-state index contributed by atoms with van der Waals surface area (Å²) in [5.41, 5.74) is 0.202. The largest absolute Gasteiger partial charge is 0.480 e. The molecule has 0 aliphatic rings. The van der Waals surface area contributed by atoms with Crippen molar-refractivity contribution in [1.29, 1.82) is 0 Å². The number of likely N-dealkylation sites (N-methyl/N-ethyl adjacent to an activating group) is 1. The number of carbonyl (C=O) groups excluding carboxylic acids is 1. The Kier molecular flexibility index (Phi) is 5.15. The lowest BCUT2D eigenvalue weighted by Gasteiger charge is -2.10. The fourth-order valence-corrected chi connectivity index (χ4v) is 1.25. The van der Waals surface area contributed by atoms with E-state index in [0.717, 1.165) is 0 Å². The molecule has 17 heavy (non-hydrogen) atoms. The first-order valence-electron chi connectivity index (χ1n) is 5.10. The zero-order chi connectivity index (χ0) is 12.7. The standard InChI is InChI=1S/C10H16N4O3/c1-11-4-5-12-8(15)7-9(16-2)13-6-14-10(7)17-3/h6,11H,4-5H2,1-3H3,(H,12,15). The molecule has 2 N–H and O–H groups in total. The van der Waals surface area contributed by atoms with Crippen molar-refractivity contribution in [1.82, 2.24) is 20.6 Å². The van der Waals surface area contributed by atoms with Crippen molar-refractivity contribution in [2.75, 3.05) is 34.4 Å². The lowest BCUT2D eigenvalue weighted by Crippen LogP contribution is -2.31. The summed E-state index contributed by atoms with van der Waals surface area (Å²) in [4.78, 5) is 19.6. The SMILES string of the molecule is CNCCNC(=O)c1c(OC)ncnc1OC. The molecule has 0 saturated heterocycles. The Balaban J connectivity index is 2.89. The maximum absolute atomic E-state index is 11.9. The van der Waals surface area contributed by atoms with Gasteiger partial charge in [-0.1, -0.05) is 0 Å². The van der Waals surface area contributed by atoms with E-state index in [-0.39, 0.29) is 23.2 Å². The van der Waals surface area contributed by atoms with Crippen molar-refractivity contribution >= 4 is 5.91 Å². The van der Waals surface area contributed by atoms with Crippen LogP contribution in [0.25, 0.3) is 0 Å². The van der Waals surface area contributed by atoms with Gasteiger partial charge in [-0.2, -0.15) is 0 Å². The molecule has 1 rings (SSSR count). The van der Waals surface area contributed by atoms with Gasteiger partial charge < -0.3 is 20.1 Å². The van der Waals surface area contributed by atoms with E-state index >= 15 is 0 Å². The molecule has 0 bridgehead atoms. The van der Waals surface area contributed by atoms with E-state index in [2.05, 4.69) is 20.6 Å². The van der Waals surface area contributed by atoms with E-state index in [4.69, 9.17) is 9.47 Å². The minimum absolute atomic E-state index is 0.193. The smallest absolute Gasteiger partial charge is 0.262 e. The Morgan fingerprint density at radius 1 is 1.24 bits per heavy atom. The third kappa shape index (κ3) is 3.28. The molecule has 0 radical (unpaired) electrons. The van der Waals surface area contributed by atoms with Crippen LogP contribution in [0.1, 0.15) is 10.4 Å². The highest BCUT2D eigenvalue weighted by Gasteiger charge is 2.20. The minimum atomic E-state index is -0.324. The summed E-state index contributed by atoms with van der Waals surface area (Å²) in [5, 5.41) is 5.63. The van der Waals surface area contributed by atoms with Gasteiger partial charge in [0, 0.05) is 13.1 Å². The molecule has 94 valence electrons. The summed E-state index contributed by atoms with van der Waals surface area (Å²) in [6.07, 6.45) is 1.28. The molecule has 0 saturated carbocycles. The summed E-state index contributed by atoms with van der Waals surface area (Å²) < 4.78 is 10.0. The molecule has 0 spiro atoms. The Morgan fingerprint density at radius 3 is 2.29 bits per heavy atom. The Labute approximate surface area is 99.5 Å². The third-order valence-electron chi connectivity index (χ3n) is 2.05. The maximum Gasteiger partial charge on any atom is 0.262 e. The van der Waals surface area contributed by atoms with E-state index in [1.807, 2.05) is 0 Å². The van der Waals surface area contributed by atoms with Gasteiger partial charge in [-0.3, -0.25) is 4.79 Å². The predicted octanol–water partition coefficient (Wildman–Crippen LogP) is -0.557. The van der Waals surface area contributed by atoms with Gasteiger partial charge in [-0.05, 0) is 7.05 Å². The molecule has 1 heterocycles. The quantitative estimate of drug-likeness (QED) is 0.648. The van der Waals surface area contributed by atoms with Gasteiger partial charge in [0.2, 0.25) is 11.8 Å². The second-order valence-corrected chi connectivity index (χ2v) is 3.13. The number of nitrogens with zero attached hydrogens (tertiary/aromatic N) is 2. The Hall–Kier alpha value is -1.89. The first-order chi connectivity index (χ1) is 8.24. The predicted molar refractivity (Wildman–Crippen MR) is 61.4 cm³/mol. The molecule has 0 unspecified atom stereocenters. The number of rotatable bonds is 6. The zero-order valence-electron chi connectivity index (χ0n) is 10.1. The monoisotopic (exact) mass is 240 g/mol. The van der Waals surface area contributed by atoms with Crippen LogP contribution in [0.5, 0.6) is 11.8 Å². The fourth-order valence-electron chi connectivity index (χ4n) is 1.25. The minimum Gasteiger partial charge on any atom is -0.480 e. The molecular weight excluding hydrogens is 224 g/mol. The average Bonchev–Trinajstić information content (AvgIpc) is 2.37. The summed E-state index contributed by atoms with van der Waals surface area (Å²) in [5.74, 6) is 0.0622. The summed E-state index contributed by atoms with van der Waals surface area (Å²) in [6.45, 7) is 1.17. The fraction of sp³-hybridized carbons (Fsp3) is 0.500. The Morgan fingerprint density at radius 2 is 1.82 bits per heavy atom. The number of methoxy groups -OCH3 is 2. The molecule has 7 heteroatoms. The van der Waals surface area contributed by atoms with Crippen LogP contribution in [-0.2, 0) is 0 Å². The van der Waals surface area contributed by atoms with Crippen LogP contribution < -0.4 is 20.1 Å². The molecule has 1 amide bonds.